The smallest absolute Gasteiger partial charge is 0.0483 e. The standard InChI is InChI=1S/C3H9N.C3H8O.C3H8/c2*1-3(2)4;1-3-2/h3H,4H2,1-2H3;3-4H,1-2H3;3H2,1-2H3. The molecule has 0 aliphatic heterocycles. The summed E-state index contributed by atoms with van der Waals surface area (Å²) in [7, 11) is 0. The fourth-order valence-electron chi connectivity index (χ4n) is 0. The number of aliphatic hydroxyl groups excluding tert-OH is 1. The van der Waals surface area contributed by atoms with Crippen molar-refractivity contribution in [2.75, 3.05) is 0 Å². The SMILES string of the molecule is CC(C)N.CC(C)O.CCC. The van der Waals surface area contributed by atoms with Gasteiger partial charge >= 0.3 is 0 Å². The molecule has 0 bridgehead atoms. The van der Waals surface area contributed by atoms with E-state index in [4.69, 9.17) is 10.8 Å². The topological polar surface area (TPSA) is 46.2 Å². The van der Waals surface area contributed by atoms with E-state index in [2.05, 4.69) is 13.8 Å². The van der Waals surface area contributed by atoms with Gasteiger partial charge in [0.1, 0.15) is 0 Å². The Labute approximate surface area is 71.8 Å². The molecule has 11 heavy (non-hydrogen) atoms. The average Bonchev–Trinajstić information content (AvgIpc) is 1.60. The van der Waals surface area contributed by atoms with Gasteiger partial charge in [-0.2, -0.15) is 0 Å². The summed E-state index contributed by atoms with van der Waals surface area (Å²) in [6.07, 6.45) is 1.08. The molecule has 0 aliphatic carbocycles. The third-order valence-corrected chi connectivity index (χ3v) is 0. The summed E-state index contributed by atoms with van der Waals surface area (Å²) in [5, 5.41) is 8.06. The molecular formula is C9H25NO. The first kappa shape index (κ1) is 17.1. The normalized spacial score (nSPS) is 8.18. The van der Waals surface area contributed by atoms with Gasteiger partial charge in [0.05, 0.1) is 0 Å². The molecule has 0 aromatic heterocycles. The first-order valence-electron chi connectivity index (χ1n) is 4.32. The van der Waals surface area contributed by atoms with E-state index in [1.165, 1.54) is 6.42 Å². The van der Waals surface area contributed by atoms with Crippen molar-refractivity contribution in [2.45, 2.75) is 60.1 Å². The summed E-state index contributed by atoms with van der Waals surface area (Å²) < 4.78 is 0. The van der Waals surface area contributed by atoms with Crippen molar-refractivity contribution in [1.29, 1.82) is 0 Å². The quantitative estimate of drug-likeness (QED) is 0.575. The summed E-state index contributed by atoms with van der Waals surface area (Å²) in [5.74, 6) is 0. The van der Waals surface area contributed by atoms with Crippen molar-refractivity contribution < 1.29 is 5.11 Å². The second-order valence-corrected chi connectivity index (χ2v) is 3.04. The number of rotatable bonds is 0. The molecule has 0 amide bonds. The lowest BCUT2D eigenvalue weighted by atomic mass is 10.5. The summed E-state index contributed by atoms with van der Waals surface area (Å²) in [5.41, 5.74) is 5.11. The van der Waals surface area contributed by atoms with Gasteiger partial charge in [-0.3, -0.25) is 0 Å². The Morgan fingerprint density at radius 3 is 1.09 bits per heavy atom. The van der Waals surface area contributed by atoms with E-state index in [9.17, 15) is 0 Å². The highest BCUT2D eigenvalue weighted by Crippen LogP contribution is 1.65. The predicted octanol–water partition coefficient (Wildman–Crippen LogP) is 2.16. The zero-order valence-electron chi connectivity index (χ0n) is 8.89. The monoisotopic (exact) mass is 163 g/mol. The largest absolute Gasteiger partial charge is 0.394 e. The van der Waals surface area contributed by atoms with Crippen LogP contribution in [0.4, 0.5) is 0 Å². The Morgan fingerprint density at radius 1 is 1.09 bits per heavy atom. The Hall–Kier alpha value is -0.0800. The molecule has 0 radical (unpaired) electrons. The van der Waals surface area contributed by atoms with E-state index in [1.807, 2.05) is 13.8 Å². The lowest BCUT2D eigenvalue weighted by Gasteiger charge is -1.81. The van der Waals surface area contributed by atoms with Crippen LogP contribution in [-0.2, 0) is 0 Å². The van der Waals surface area contributed by atoms with Crippen LogP contribution in [-0.4, -0.2) is 17.3 Å². The van der Waals surface area contributed by atoms with E-state index in [1.54, 1.807) is 13.8 Å². The second-order valence-electron chi connectivity index (χ2n) is 3.04. The van der Waals surface area contributed by atoms with Crippen molar-refractivity contribution in [1.82, 2.24) is 0 Å². The highest BCUT2D eigenvalue weighted by molar-refractivity contribution is 4.32. The first-order valence-corrected chi connectivity index (χ1v) is 4.32. The van der Waals surface area contributed by atoms with E-state index >= 15 is 0 Å². The van der Waals surface area contributed by atoms with E-state index in [-0.39, 0.29) is 6.10 Å². The molecule has 0 rings (SSSR count). The van der Waals surface area contributed by atoms with Crippen LogP contribution in [0.5, 0.6) is 0 Å². The van der Waals surface area contributed by atoms with Crippen LogP contribution >= 0.6 is 0 Å². The zero-order valence-corrected chi connectivity index (χ0v) is 8.89. The maximum absolute atomic E-state index is 8.06. The molecule has 72 valence electrons. The van der Waals surface area contributed by atoms with Crippen molar-refractivity contribution in [2.24, 2.45) is 5.73 Å². The van der Waals surface area contributed by atoms with Gasteiger partial charge in [-0.05, 0) is 19.9 Å². The Bertz CT molecular complexity index is 33.3. The molecule has 0 heterocycles. The van der Waals surface area contributed by atoms with Crippen molar-refractivity contribution in [3.8, 4) is 0 Å². The van der Waals surface area contributed by atoms with Crippen molar-refractivity contribution in [3.63, 3.8) is 0 Å². The minimum absolute atomic E-state index is 0.167. The van der Waals surface area contributed by atoms with Gasteiger partial charge in [-0.25, -0.2) is 0 Å². The number of aliphatic hydroxyl groups is 1. The molecule has 0 fully saturated rings. The van der Waals surface area contributed by atoms with Crippen LogP contribution < -0.4 is 5.73 Å². The Balaban J connectivity index is -0.0000000886. The number of hydrogen-bond donors (Lipinski definition) is 2. The third-order valence-electron chi connectivity index (χ3n) is 0. The van der Waals surface area contributed by atoms with Crippen LogP contribution in [0.2, 0.25) is 0 Å². The number of nitrogens with two attached hydrogens (primary N) is 1. The Kier molecular flexibility index (Phi) is 25.7. The molecule has 0 aliphatic rings. The molecule has 0 atom stereocenters. The fraction of sp³-hybridized carbons (Fsp3) is 1.00. The molecule has 0 saturated carbocycles. The highest BCUT2D eigenvalue weighted by atomic mass is 16.3. The molecule has 0 unspecified atom stereocenters. The van der Waals surface area contributed by atoms with Crippen LogP contribution in [0.3, 0.4) is 0 Å². The van der Waals surface area contributed by atoms with E-state index in [0.717, 1.165) is 0 Å². The molecular weight excluding hydrogens is 138 g/mol. The van der Waals surface area contributed by atoms with Crippen LogP contribution in [0.25, 0.3) is 0 Å². The van der Waals surface area contributed by atoms with Crippen LogP contribution in [0.1, 0.15) is 48.0 Å². The molecule has 2 heteroatoms. The van der Waals surface area contributed by atoms with Gasteiger partial charge in [0.15, 0.2) is 0 Å². The van der Waals surface area contributed by atoms with Crippen LogP contribution in [0, 0.1) is 0 Å². The van der Waals surface area contributed by atoms with E-state index in [0.29, 0.717) is 6.04 Å². The average molecular weight is 163 g/mol. The van der Waals surface area contributed by atoms with Gasteiger partial charge < -0.3 is 10.8 Å². The molecule has 0 spiro atoms. The van der Waals surface area contributed by atoms with Crippen molar-refractivity contribution in [3.05, 3.63) is 0 Å². The highest BCUT2D eigenvalue weighted by Gasteiger charge is 1.69. The zero-order chi connectivity index (χ0) is 9.86. The minimum atomic E-state index is -0.167. The molecule has 0 saturated heterocycles. The van der Waals surface area contributed by atoms with Gasteiger partial charge in [-0.1, -0.05) is 34.1 Å². The van der Waals surface area contributed by atoms with Gasteiger partial charge in [0.2, 0.25) is 0 Å². The fourth-order valence-corrected chi connectivity index (χ4v) is 0. The predicted molar refractivity (Wildman–Crippen MR) is 52.6 cm³/mol. The molecule has 0 aromatic rings. The lowest BCUT2D eigenvalue weighted by Crippen LogP contribution is -2.06. The number of hydrogen-bond acceptors (Lipinski definition) is 2. The maximum Gasteiger partial charge on any atom is 0.0483 e. The maximum atomic E-state index is 8.06. The Morgan fingerprint density at radius 2 is 1.09 bits per heavy atom. The van der Waals surface area contributed by atoms with Crippen LogP contribution in [0.15, 0.2) is 0 Å². The van der Waals surface area contributed by atoms with Gasteiger partial charge in [-0.15, -0.1) is 0 Å². The minimum Gasteiger partial charge on any atom is -0.394 e. The summed E-state index contributed by atoms with van der Waals surface area (Å²) in [6, 6.07) is 0.333. The second kappa shape index (κ2) is 16.5. The van der Waals surface area contributed by atoms with Crippen molar-refractivity contribution >= 4 is 0 Å². The summed E-state index contributed by atoms with van der Waals surface area (Å²) in [4.78, 5) is 0. The summed E-state index contributed by atoms with van der Waals surface area (Å²) >= 11 is 0. The first-order chi connectivity index (χ1) is 4.88. The molecule has 3 N–H and O–H groups in total. The van der Waals surface area contributed by atoms with Gasteiger partial charge in [0, 0.05) is 6.10 Å². The third kappa shape index (κ3) is 97200. The lowest BCUT2D eigenvalue weighted by molar-refractivity contribution is 0.216. The molecule has 0 aromatic carbocycles. The molecule has 2 nitrogen and oxygen atoms in total. The summed E-state index contributed by atoms with van der Waals surface area (Å²) in [6.45, 7) is 11.6. The van der Waals surface area contributed by atoms with E-state index < -0.39 is 0 Å². The van der Waals surface area contributed by atoms with Gasteiger partial charge in [0.25, 0.3) is 0 Å².